The number of benzene rings is 2. The summed E-state index contributed by atoms with van der Waals surface area (Å²) in [4.78, 5) is 0. The smallest absolute Gasteiger partial charge is 0.129 e. The molecule has 0 bridgehead atoms. The molecule has 0 aliphatic heterocycles. The fourth-order valence-electron chi connectivity index (χ4n) is 1.68. The van der Waals surface area contributed by atoms with Crippen LogP contribution in [0, 0.1) is 12.7 Å². The van der Waals surface area contributed by atoms with Gasteiger partial charge in [0.25, 0.3) is 0 Å². The number of aliphatic hydroxyl groups excluding tert-OH is 1. The molecule has 0 radical (unpaired) electrons. The third kappa shape index (κ3) is 2.66. The standard InChI is InChI=1S/C14H11Cl2FO/c1-8-2-3-9(6-12(8)16)14(18)11-7-10(15)4-5-13(11)17/h2-7,14,18H,1H3. The van der Waals surface area contributed by atoms with Gasteiger partial charge in [-0.05, 0) is 42.3 Å². The monoisotopic (exact) mass is 284 g/mol. The molecule has 2 rings (SSSR count). The Labute approximate surface area is 115 Å². The Morgan fingerprint density at radius 3 is 2.50 bits per heavy atom. The summed E-state index contributed by atoms with van der Waals surface area (Å²) in [5.41, 5.74) is 1.58. The molecular formula is C14H11Cl2FO. The Kier molecular flexibility index (Phi) is 3.91. The lowest BCUT2D eigenvalue weighted by Gasteiger charge is -2.13. The van der Waals surface area contributed by atoms with E-state index in [1.807, 2.05) is 6.92 Å². The highest BCUT2D eigenvalue weighted by Gasteiger charge is 2.16. The summed E-state index contributed by atoms with van der Waals surface area (Å²) < 4.78 is 13.6. The van der Waals surface area contributed by atoms with Crippen molar-refractivity contribution >= 4 is 23.2 Å². The molecule has 1 nitrogen and oxygen atoms in total. The maximum atomic E-state index is 13.6. The average Bonchev–Trinajstić information content (AvgIpc) is 2.35. The van der Waals surface area contributed by atoms with Crippen molar-refractivity contribution in [1.82, 2.24) is 0 Å². The minimum Gasteiger partial charge on any atom is -0.384 e. The first-order valence-electron chi connectivity index (χ1n) is 5.38. The Hall–Kier alpha value is -1.09. The first kappa shape index (κ1) is 13.3. The van der Waals surface area contributed by atoms with Gasteiger partial charge in [0.05, 0.1) is 0 Å². The average molecular weight is 285 g/mol. The lowest BCUT2D eigenvalue weighted by Crippen LogP contribution is -2.02. The lowest BCUT2D eigenvalue weighted by molar-refractivity contribution is 0.215. The van der Waals surface area contributed by atoms with Crippen molar-refractivity contribution in [2.75, 3.05) is 0 Å². The van der Waals surface area contributed by atoms with Crippen molar-refractivity contribution in [3.05, 3.63) is 69.0 Å². The van der Waals surface area contributed by atoms with Crippen LogP contribution in [0.5, 0.6) is 0 Å². The van der Waals surface area contributed by atoms with E-state index in [2.05, 4.69) is 0 Å². The molecule has 2 aromatic carbocycles. The maximum Gasteiger partial charge on any atom is 0.129 e. The summed E-state index contributed by atoms with van der Waals surface area (Å²) in [5, 5.41) is 11.1. The van der Waals surface area contributed by atoms with Crippen LogP contribution in [0.4, 0.5) is 4.39 Å². The van der Waals surface area contributed by atoms with E-state index in [0.29, 0.717) is 15.6 Å². The van der Waals surface area contributed by atoms with Gasteiger partial charge >= 0.3 is 0 Å². The van der Waals surface area contributed by atoms with Crippen molar-refractivity contribution < 1.29 is 9.50 Å². The first-order chi connectivity index (χ1) is 8.49. The topological polar surface area (TPSA) is 20.2 Å². The quantitative estimate of drug-likeness (QED) is 0.860. The predicted octanol–water partition coefficient (Wildman–Crippen LogP) is 4.52. The van der Waals surface area contributed by atoms with Crippen LogP contribution >= 0.6 is 23.2 Å². The van der Waals surface area contributed by atoms with Crippen LogP contribution in [0.1, 0.15) is 22.8 Å². The van der Waals surface area contributed by atoms with Gasteiger partial charge in [-0.2, -0.15) is 0 Å². The Morgan fingerprint density at radius 1 is 1.11 bits per heavy atom. The van der Waals surface area contributed by atoms with Crippen LogP contribution in [0.3, 0.4) is 0 Å². The molecule has 0 aromatic heterocycles. The fourth-order valence-corrected chi connectivity index (χ4v) is 2.05. The minimum absolute atomic E-state index is 0.141. The highest BCUT2D eigenvalue weighted by atomic mass is 35.5. The predicted molar refractivity (Wildman–Crippen MR) is 71.7 cm³/mol. The molecule has 0 saturated heterocycles. The summed E-state index contributed by atoms with van der Waals surface area (Å²) in [5.74, 6) is -0.497. The second-order valence-corrected chi connectivity index (χ2v) is 4.92. The van der Waals surface area contributed by atoms with E-state index in [-0.39, 0.29) is 5.56 Å². The number of halogens is 3. The van der Waals surface area contributed by atoms with Gasteiger partial charge in [-0.25, -0.2) is 4.39 Å². The van der Waals surface area contributed by atoms with E-state index in [1.54, 1.807) is 18.2 Å². The minimum atomic E-state index is -1.08. The third-order valence-corrected chi connectivity index (χ3v) is 3.41. The van der Waals surface area contributed by atoms with Crippen LogP contribution in [0.2, 0.25) is 10.0 Å². The molecule has 2 aromatic rings. The van der Waals surface area contributed by atoms with Crippen LogP contribution in [0.25, 0.3) is 0 Å². The van der Waals surface area contributed by atoms with E-state index in [0.717, 1.165) is 5.56 Å². The summed E-state index contributed by atoms with van der Waals surface area (Å²) in [6.07, 6.45) is -1.08. The van der Waals surface area contributed by atoms with Gasteiger partial charge in [0.2, 0.25) is 0 Å². The van der Waals surface area contributed by atoms with E-state index >= 15 is 0 Å². The van der Waals surface area contributed by atoms with Crippen molar-refractivity contribution in [1.29, 1.82) is 0 Å². The van der Waals surface area contributed by atoms with E-state index in [1.165, 1.54) is 18.2 Å². The van der Waals surface area contributed by atoms with Gasteiger partial charge in [-0.1, -0.05) is 35.3 Å². The zero-order chi connectivity index (χ0) is 13.3. The Morgan fingerprint density at radius 2 is 1.83 bits per heavy atom. The van der Waals surface area contributed by atoms with Crippen LogP contribution in [-0.2, 0) is 0 Å². The summed E-state index contributed by atoms with van der Waals surface area (Å²) in [6.45, 7) is 1.86. The molecule has 0 amide bonds. The van der Waals surface area contributed by atoms with Gasteiger partial charge in [0.1, 0.15) is 11.9 Å². The number of aryl methyl sites for hydroxylation is 1. The zero-order valence-corrected chi connectivity index (χ0v) is 11.1. The molecule has 1 unspecified atom stereocenters. The number of aliphatic hydroxyl groups is 1. The van der Waals surface area contributed by atoms with E-state index < -0.39 is 11.9 Å². The molecule has 0 aliphatic rings. The van der Waals surface area contributed by atoms with Crippen molar-refractivity contribution in [3.63, 3.8) is 0 Å². The highest BCUT2D eigenvalue weighted by Crippen LogP contribution is 2.29. The molecule has 1 atom stereocenters. The van der Waals surface area contributed by atoms with E-state index in [4.69, 9.17) is 23.2 Å². The van der Waals surface area contributed by atoms with Crippen LogP contribution in [0.15, 0.2) is 36.4 Å². The Balaban J connectivity index is 2.44. The Bertz CT molecular complexity index is 584. The maximum absolute atomic E-state index is 13.6. The normalized spacial score (nSPS) is 12.5. The number of rotatable bonds is 2. The molecule has 94 valence electrons. The largest absolute Gasteiger partial charge is 0.384 e. The highest BCUT2D eigenvalue weighted by molar-refractivity contribution is 6.31. The molecule has 0 heterocycles. The van der Waals surface area contributed by atoms with Crippen LogP contribution < -0.4 is 0 Å². The zero-order valence-electron chi connectivity index (χ0n) is 9.62. The third-order valence-electron chi connectivity index (χ3n) is 2.76. The SMILES string of the molecule is Cc1ccc(C(O)c2cc(Cl)ccc2F)cc1Cl. The van der Waals surface area contributed by atoms with Crippen LogP contribution in [-0.4, -0.2) is 5.11 Å². The molecule has 0 fully saturated rings. The van der Waals surface area contributed by atoms with Crippen molar-refractivity contribution in [2.45, 2.75) is 13.0 Å². The summed E-state index contributed by atoms with van der Waals surface area (Å²) in [6, 6.07) is 9.21. The van der Waals surface area contributed by atoms with Crippen molar-refractivity contribution in [3.8, 4) is 0 Å². The lowest BCUT2D eigenvalue weighted by atomic mass is 10.00. The van der Waals surface area contributed by atoms with Gasteiger partial charge < -0.3 is 5.11 Å². The second kappa shape index (κ2) is 5.27. The molecule has 18 heavy (non-hydrogen) atoms. The molecule has 0 saturated carbocycles. The molecule has 0 aliphatic carbocycles. The van der Waals surface area contributed by atoms with Gasteiger partial charge in [-0.3, -0.25) is 0 Å². The molecule has 4 heteroatoms. The molecular weight excluding hydrogens is 274 g/mol. The number of hydrogen-bond donors (Lipinski definition) is 1. The van der Waals surface area contributed by atoms with Gasteiger partial charge in [-0.15, -0.1) is 0 Å². The van der Waals surface area contributed by atoms with E-state index in [9.17, 15) is 9.50 Å². The second-order valence-electron chi connectivity index (χ2n) is 4.08. The molecule has 1 N–H and O–H groups in total. The summed E-state index contributed by atoms with van der Waals surface area (Å²) >= 11 is 11.8. The first-order valence-corrected chi connectivity index (χ1v) is 6.13. The number of hydrogen-bond acceptors (Lipinski definition) is 1. The van der Waals surface area contributed by atoms with Gasteiger partial charge in [0.15, 0.2) is 0 Å². The van der Waals surface area contributed by atoms with Crippen molar-refractivity contribution in [2.24, 2.45) is 0 Å². The molecule has 0 spiro atoms. The van der Waals surface area contributed by atoms with Gasteiger partial charge in [0, 0.05) is 15.6 Å². The fraction of sp³-hybridized carbons (Fsp3) is 0.143. The summed E-state index contributed by atoms with van der Waals surface area (Å²) in [7, 11) is 0.